The highest BCUT2D eigenvalue weighted by atomic mass is 16.2. The van der Waals surface area contributed by atoms with Crippen LogP contribution in [0.3, 0.4) is 0 Å². The monoisotopic (exact) mass is 236 g/mol. The first-order chi connectivity index (χ1) is 8.02. The summed E-state index contributed by atoms with van der Waals surface area (Å²) >= 11 is 0. The third-order valence-electron chi connectivity index (χ3n) is 2.63. The Labute approximate surface area is 102 Å². The second-order valence-electron chi connectivity index (χ2n) is 4.19. The number of rotatable bonds is 5. The molecule has 0 aromatic carbocycles. The Bertz CT molecular complexity index is 409. The van der Waals surface area contributed by atoms with Gasteiger partial charge in [0.2, 0.25) is 0 Å². The SMILES string of the molecule is C=CCN(CC)C(=O)c1n[nH]c(C(C)C)c1N. The van der Waals surface area contributed by atoms with Gasteiger partial charge in [0, 0.05) is 13.1 Å². The minimum absolute atomic E-state index is 0.159. The summed E-state index contributed by atoms with van der Waals surface area (Å²) in [5.74, 6) is 0.0616. The lowest BCUT2D eigenvalue weighted by Crippen LogP contribution is -2.31. The number of nitrogens with zero attached hydrogens (tertiary/aromatic N) is 2. The fourth-order valence-electron chi connectivity index (χ4n) is 1.63. The van der Waals surface area contributed by atoms with Crippen LogP contribution >= 0.6 is 0 Å². The minimum atomic E-state index is -0.159. The number of carbonyl (C=O) groups is 1. The Hall–Kier alpha value is -1.78. The summed E-state index contributed by atoms with van der Waals surface area (Å²) in [4.78, 5) is 13.8. The summed E-state index contributed by atoms with van der Waals surface area (Å²) in [6, 6.07) is 0. The van der Waals surface area contributed by atoms with Gasteiger partial charge in [-0.15, -0.1) is 6.58 Å². The van der Waals surface area contributed by atoms with Gasteiger partial charge in [-0.3, -0.25) is 9.89 Å². The Morgan fingerprint density at radius 2 is 2.29 bits per heavy atom. The summed E-state index contributed by atoms with van der Waals surface area (Å²) in [7, 11) is 0. The molecular weight excluding hydrogens is 216 g/mol. The van der Waals surface area contributed by atoms with Gasteiger partial charge in [-0.2, -0.15) is 5.10 Å². The number of nitrogens with two attached hydrogens (primary N) is 1. The van der Waals surface area contributed by atoms with E-state index in [1.807, 2.05) is 20.8 Å². The van der Waals surface area contributed by atoms with Crippen molar-refractivity contribution in [2.24, 2.45) is 0 Å². The van der Waals surface area contributed by atoms with Crippen molar-refractivity contribution in [2.75, 3.05) is 18.8 Å². The molecule has 0 fully saturated rings. The molecule has 1 rings (SSSR count). The smallest absolute Gasteiger partial charge is 0.276 e. The molecule has 1 aromatic heterocycles. The van der Waals surface area contributed by atoms with Gasteiger partial charge in [-0.05, 0) is 12.8 Å². The van der Waals surface area contributed by atoms with Gasteiger partial charge in [0.1, 0.15) is 0 Å². The second-order valence-corrected chi connectivity index (χ2v) is 4.19. The van der Waals surface area contributed by atoms with E-state index in [-0.39, 0.29) is 11.8 Å². The van der Waals surface area contributed by atoms with Crippen LogP contribution in [-0.4, -0.2) is 34.1 Å². The number of H-pyrrole nitrogens is 1. The quantitative estimate of drug-likeness (QED) is 0.765. The molecule has 1 amide bonds. The highest BCUT2D eigenvalue weighted by molar-refractivity contribution is 5.97. The van der Waals surface area contributed by atoms with Crippen molar-refractivity contribution >= 4 is 11.6 Å². The molecule has 0 radical (unpaired) electrons. The van der Waals surface area contributed by atoms with E-state index in [0.717, 1.165) is 5.69 Å². The zero-order chi connectivity index (χ0) is 13.0. The van der Waals surface area contributed by atoms with Gasteiger partial charge >= 0.3 is 0 Å². The molecule has 0 saturated heterocycles. The largest absolute Gasteiger partial charge is 0.395 e. The number of nitrogen functional groups attached to an aromatic ring is 1. The van der Waals surface area contributed by atoms with Crippen LogP contribution in [0.5, 0.6) is 0 Å². The van der Waals surface area contributed by atoms with Crippen molar-refractivity contribution in [1.29, 1.82) is 0 Å². The normalized spacial score (nSPS) is 10.6. The fraction of sp³-hybridized carbons (Fsp3) is 0.500. The van der Waals surface area contributed by atoms with Gasteiger partial charge in [0.25, 0.3) is 5.91 Å². The molecule has 17 heavy (non-hydrogen) atoms. The predicted octanol–water partition coefficient (Wildman–Crippen LogP) is 1.76. The number of nitrogens with one attached hydrogen (secondary N) is 1. The molecule has 5 nitrogen and oxygen atoms in total. The lowest BCUT2D eigenvalue weighted by Gasteiger charge is -2.17. The van der Waals surface area contributed by atoms with E-state index in [0.29, 0.717) is 24.5 Å². The molecule has 94 valence electrons. The maximum absolute atomic E-state index is 12.1. The van der Waals surface area contributed by atoms with Crippen molar-refractivity contribution in [3.63, 3.8) is 0 Å². The summed E-state index contributed by atoms with van der Waals surface area (Å²) in [5.41, 5.74) is 7.49. The Morgan fingerprint density at radius 3 is 2.71 bits per heavy atom. The molecule has 0 unspecified atom stereocenters. The maximum Gasteiger partial charge on any atom is 0.276 e. The maximum atomic E-state index is 12.1. The molecule has 0 spiro atoms. The number of hydrogen-bond donors (Lipinski definition) is 2. The highest BCUT2D eigenvalue weighted by Gasteiger charge is 2.22. The number of anilines is 1. The first-order valence-electron chi connectivity index (χ1n) is 5.76. The molecule has 0 aliphatic heterocycles. The first-order valence-corrected chi connectivity index (χ1v) is 5.76. The average molecular weight is 236 g/mol. The first kappa shape index (κ1) is 13.3. The molecule has 5 heteroatoms. The van der Waals surface area contributed by atoms with Crippen molar-refractivity contribution in [1.82, 2.24) is 15.1 Å². The van der Waals surface area contributed by atoms with Crippen molar-refractivity contribution in [3.8, 4) is 0 Å². The lowest BCUT2D eigenvalue weighted by molar-refractivity contribution is 0.0777. The Morgan fingerprint density at radius 1 is 1.65 bits per heavy atom. The number of likely N-dealkylation sites (N-methyl/N-ethyl adjacent to an activating group) is 1. The predicted molar refractivity (Wildman–Crippen MR) is 68.9 cm³/mol. The third kappa shape index (κ3) is 2.67. The van der Waals surface area contributed by atoms with Gasteiger partial charge in [-0.25, -0.2) is 0 Å². The van der Waals surface area contributed by atoms with Crippen molar-refractivity contribution in [3.05, 3.63) is 24.0 Å². The topological polar surface area (TPSA) is 75.0 Å². The molecular formula is C12H20N4O. The molecule has 0 bridgehead atoms. The summed E-state index contributed by atoms with van der Waals surface area (Å²) < 4.78 is 0. The van der Waals surface area contributed by atoms with E-state index in [1.165, 1.54) is 0 Å². The molecule has 0 aliphatic rings. The van der Waals surface area contributed by atoms with Gasteiger partial charge in [0.15, 0.2) is 5.69 Å². The van der Waals surface area contributed by atoms with Gasteiger partial charge in [0.05, 0.1) is 11.4 Å². The van der Waals surface area contributed by atoms with Crippen LogP contribution in [0.25, 0.3) is 0 Å². The molecule has 0 saturated carbocycles. The fourth-order valence-corrected chi connectivity index (χ4v) is 1.63. The van der Waals surface area contributed by atoms with E-state index in [2.05, 4.69) is 16.8 Å². The van der Waals surface area contributed by atoms with Crippen LogP contribution < -0.4 is 5.73 Å². The summed E-state index contributed by atoms with van der Waals surface area (Å²) in [6.07, 6.45) is 1.69. The zero-order valence-electron chi connectivity index (χ0n) is 10.7. The van der Waals surface area contributed by atoms with E-state index in [4.69, 9.17) is 5.73 Å². The number of aromatic nitrogens is 2. The number of hydrogen-bond acceptors (Lipinski definition) is 3. The Kier molecular flexibility index (Phi) is 4.31. The number of carbonyl (C=O) groups excluding carboxylic acids is 1. The van der Waals surface area contributed by atoms with Crippen molar-refractivity contribution in [2.45, 2.75) is 26.7 Å². The van der Waals surface area contributed by atoms with Crippen LogP contribution in [0.4, 0.5) is 5.69 Å². The van der Waals surface area contributed by atoms with Crippen LogP contribution in [0.15, 0.2) is 12.7 Å². The van der Waals surface area contributed by atoms with Crippen LogP contribution in [0.1, 0.15) is 42.9 Å². The molecule has 1 aromatic rings. The lowest BCUT2D eigenvalue weighted by atomic mass is 10.1. The second kappa shape index (κ2) is 5.52. The van der Waals surface area contributed by atoms with Crippen LogP contribution in [0.2, 0.25) is 0 Å². The highest BCUT2D eigenvalue weighted by Crippen LogP contribution is 2.22. The van der Waals surface area contributed by atoms with Gasteiger partial charge < -0.3 is 10.6 Å². The van der Waals surface area contributed by atoms with E-state index in [1.54, 1.807) is 11.0 Å². The standard InChI is InChI=1S/C12H20N4O/c1-5-7-16(6-2)12(17)11-9(13)10(8(3)4)14-15-11/h5,8H,1,6-7,13H2,2-4H3,(H,14,15). The molecule has 1 heterocycles. The molecule has 3 N–H and O–H groups in total. The summed E-state index contributed by atoms with van der Waals surface area (Å²) in [5, 5.41) is 6.84. The van der Waals surface area contributed by atoms with E-state index in [9.17, 15) is 4.79 Å². The molecule has 0 aliphatic carbocycles. The Balaban J connectivity index is 2.99. The minimum Gasteiger partial charge on any atom is -0.395 e. The zero-order valence-corrected chi connectivity index (χ0v) is 10.7. The van der Waals surface area contributed by atoms with Crippen molar-refractivity contribution < 1.29 is 4.79 Å². The van der Waals surface area contributed by atoms with Gasteiger partial charge in [-0.1, -0.05) is 19.9 Å². The average Bonchev–Trinajstić information content (AvgIpc) is 2.67. The van der Waals surface area contributed by atoms with Crippen LogP contribution in [-0.2, 0) is 0 Å². The summed E-state index contributed by atoms with van der Waals surface area (Å²) in [6.45, 7) is 10.6. The molecule has 0 atom stereocenters. The third-order valence-corrected chi connectivity index (χ3v) is 2.63. The number of amides is 1. The van der Waals surface area contributed by atoms with E-state index < -0.39 is 0 Å². The van der Waals surface area contributed by atoms with E-state index >= 15 is 0 Å². The van der Waals surface area contributed by atoms with Crippen LogP contribution in [0, 0.1) is 0 Å². The number of aromatic amines is 1.